The van der Waals surface area contributed by atoms with E-state index in [-0.39, 0.29) is 5.60 Å². The second-order valence-electron chi connectivity index (χ2n) is 11.0. The summed E-state index contributed by atoms with van der Waals surface area (Å²) < 4.78 is 6.59. The van der Waals surface area contributed by atoms with Crippen LogP contribution in [0.3, 0.4) is 0 Å². The maximum atomic E-state index is 10.4. The fraction of sp³-hybridized carbons (Fsp3) is 0.724. The zero-order valence-electron chi connectivity index (χ0n) is 21.6. The van der Waals surface area contributed by atoms with Gasteiger partial charge >= 0.3 is 0 Å². The molecule has 2 nitrogen and oxygen atoms in total. The minimum absolute atomic E-state index is 0.0953. The average molecular weight is 429 g/mol. The highest BCUT2D eigenvalue weighted by Gasteiger charge is 2.34. The van der Waals surface area contributed by atoms with E-state index in [1.807, 2.05) is 13.8 Å². The minimum Gasteiger partial charge on any atom is -0.507 e. The lowest BCUT2D eigenvalue weighted by Crippen LogP contribution is -2.37. The third-order valence-electron chi connectivity index (χ3n) is 7.44. The molecule has 31 heavy (non-hydrogen) atoms. The van der Waals surface area contributed by atoms with Crippen molar-refractivity contribution in [1.29, 1.82) is 0 Å². The maximum Gasteiger partial charge on any atom is 0.127 e. The standard InChI is InChI=1S/C29H48O2/c1-20(2)12-9-13-21(3)14-10-15-22(4)16-11-18-29(8)19-17-26-25(7)27(30)23(5)24(6)28(26)31-29/h10,15,20-22,30H,9,11-14,16-19H2,1-8H3/b15-10+/t21-,22-,29-/m1/s1. The highest BCUT2D eigenvalue weighted by Crippen LogP contribution is 2.44. The van der Waals surface area contributed by atoms with Crippen LogP contribution in [0, 0.1) is 38.5 Å². The smallest absolute Gasteiger partial charge is 0.127 e. The summed E-state index contributed by atoms with van der Waals surface area (Å²) in [4.78, 5) is 0. The predicted octanol–water partition coefficient (Wildman–Crippen LogP) is 8.62. The van der Waals surface area contributed by atoms with Crippen LogP contribution in [0.4, 0.5) is 0 Å². The van der Waals surface area contributed by atoms with Crippen LogP contribution in [0.15, 0.2) is 12.2 Å². The Bertz CT molecular complexity index is 746. The monoisotopic (exact) mass is 428 g/mol. The molecule has 0 aromatic heterocycles. The number of phenolic OH excluding ortho intramolecular Hbond substituents is 1. The van der Waals surface area contributed by atoms with Crippen molar-refractivity contribution in [3.8, 4) is 11.5 Å². The van der Waals surface area contributed by atoms with E-state index in [0.29, 0.717) is 11.7 Å². The Morgan fingerprint density at radius 3 is 2.35 bits per heavy atom. The second-order valence-corrected chi connectivity index (χ2v) is 11.0. The van der Waals surface area contributed by atoms with Gasteiger partial charge in [-0.3, -0.25) is 0 Å². The van der Waals surface area contributed by atoms with Gasteiger partial charge in [-0.15, -0.1) is 0 Å². The van der Waals surface area contributed by atoms with Gasteiger partial charge in [0.25, 0.3) is 0 Å². The fourth-order valence-corrected chi connectivity index (χ4v) is 4.90. The Balaban J connectivity index is 1.80. The molecule has 3 atom stereocenters. The molecular weight excluding hydrogens is 380 g/mol. The van der Waals surface area contributed by atoms with Crippen molar-refractivity contribution < 1.29 is 9.84 Å². The van der Waals surface area contributed by atoms with Gasteiger partial charge in [0.2, 0.25) is 0 Å². The number of benzene rings is 1. The number of hydrogen-bond donors (Lipinski definition) is 1. The molecule has 1 N–H and O–H groups in total. The van der Waals surface area contributed by atoms with Gasteiger partial charge in [-0.2, -0.15) is 0 Å². The second kappa shape index (κ2) is 11.4. The van der Waals surface area contributed by atoms with Crippen LogP contribution in [-0.4, -0.2) is 10.7 Å². The number of fused-ring (bicyclic) bond motifs is 1. The largest absolute Gasteiger partial charge is 0.507 e. The number of hydrogen-bond acceptors (Lipinski definition) is 2. The Hall–Kier alpha value is -1.44. The lowest BCUT2D eigenvalue weighted by molar-refractivity contribution is 0.0517. The van der Waals surface area contributed by atoms with E-state index in [2.05, 4.69) is 53.7 Å². The minimum atomic E-state index is -0.0953. The summed E-state index contributed by atoms with van der Waals surface area (Å²) in [5.74, 6) is 3.73. The van der Waals surface area contributed by atoms with Gasteiger partial charge in [-0.1, -0.05) is 59.1 Å². The predicted molar refractivity (Wildman–Crippen MR) is 134 cm³/mol. The molecule has 1 aromatic rings. The first-order valence-electron chi connectivity index (χ1n) is 12.7. The molecule has 0 saturated carbocycles. The Labute approximate surface area is 192 Å². The van der Waals surface area contributed by atoms with E-state index in [0.717, 1.165) is 53.5 Å². The first kappa shape index (κ1) is 25.8. The van der Waals surface area contributed by atoms with E-state index < -0.39 is 0 Å². The zero-order chi connectivity index (χ0) is 23.2. The highest BCUT2D eigenvalue weighted by molar-refractivity contribution is 5.58. The van der Waals surface area contributed by atoms with Crippen LogP contribution >= 0.6 is 0 Å². The molecule has 0 aliphatic carbocycles. The summed E-state index contributed by atoms with van der Waals surface area (Å²) in [5, 5.41) is 10.4. The zero-order valence-corrected chi connectivity index (χ0v) is 21.6. The van der Waals surface area contributed by atoms with Gasteiger partial charge in [-0.05, 0) is 101 Å². The third-order valence-corrected chi connectivity index (χ3v) is 7.44. The van der Waals surface area contributed by atoms with Gasteiger partial charge in [-0.25, -0.2) is 0 Å². The van der Waals surface area contributed by atoms with Crippen LogP contribution in [0.2, 0.25) is 0 Å². The Morgan fingerprint density at radius 2 is 1.68 bits per heavy atom. The molecule has 0 amide bonds. The van der Waals surface area contributed by atoms with Crippen LogP contribution in [0.1, 0.15) is 108 Å². The molecule has 0 spiro atoms. The van der Waals surface area contributed by atoms with Crippen molar-refractivity contribution in [2.24, 2.45) is 17.8 Å². The molecule has 0 bridgehead atoms. The van der Waals surface area contributed by atoms with Gasteiger partial charge in [0.05, 0.1) is 0 Å². The van der Waals surface area contributed by atoms with Gasteiger partial charge < -0.3 is 9.84 Å². The first-order valence-corrected chi connectivity index (χ1v) is 12.7. The molecule has 176 valence electrons. The number of rotatable bonds is 11. The van der Waals surface area contributed by atoms with Crippen LogP contribution in [-0.2, 0) is 6.42 Å². The van der Waals surface area contributed by atoms with Crippen molar-refractivity contribution in [2.45, 2.75) is 119 Å². The summed E-state index contributed by atoms with van der Waals surface area (Å²) >= 11 is 0. The third kappa shape index (κ3) is 7.29. The molecule has 0 unspecified atom stereocenters. The number of ether oxygens (including phenoxy) is 1. The first-order chi connectivity index (χ1) is 14.5. The lowest BCUT2D eigenvalue weighted by Gasteiger charge is -2.38. The van der Waals surface area contributed by atoms with Gasteiger partial charge in [0.15, 0.2) is 0 Å². The lowest BCUT2D eigenvalue weighted by atomic mass is 9.84. The van der Waals surface area contributed by atoms with Crippen molar-refractivity contribution in [2.75, 3.05) is 0 Å². The van der Waals surface area contributed by atoms with Crippen molar-refractivity contribution in [1.82, 2.24) is 0 Å². The highest BCUT2D eigenvalue weighted by atomic mass is 16.5. The van der Waals surface area contributed by atoms with E-state index >= 15 is 0 Å². The van der Waals surface area contributed by atoms with E-state index in [1.165, 1.54) is 44.1 Å². The van der Waals surface area contributed by atoms with Crippen LogP contribution in [0.25, 0.3) is 0 Å². The summed E-state index contributed by atoms with van der Waals surface area (Å²) in [6, 6.07) is 0. The Morgan fingerprint density at radius 1 is 0.968 bits per heavy atom. The molecule has 1 aliphatic heterocycles. The van der Waals surface area contributed by atoms with E-state index in [9.17, 15) is 5.11 Å². The van der Waals surface area contributed by atoms with Gasteiger partial charge in [0.1, 0.15) is 17.1 Å². The summed E-state index contributed by atoms with van der Waals surface area (Å²) in [5.41, 5.74) is 4.16. The van der Waals surface area contributed by atoms with Crippen LogP contribution in [0.5, 0.6) is 11.5 Å². The molecule has 0 fully saturated rings. The number of allylic oxidation sites excluding steroid dienone is 2. The molecule has 2 heteroatoms. The summed E-state index contributed by atoms with van der Waals surface area (Å²) in [6.07, 6.45) is 15.7. The number of phenols is 1. The summed E-state index contributed by atoms with van der Waals surface area (Å²) in [6.45, 7) is 17.7. The molecule has 1 heterocycles. The SMILES string of the molecule is Cc1c(C)c2c(c(C)c1O)CC[C@@](C)(CCC[C@H](C)/C=C/C[C@H](C)CCCC(C)C)O2. The molecular formula is C29H48O2. The van der Waals surface area contributed by atoms with Crippen molar-refractivity contribution in [3.63, 3.8) is 0 Å². The topological polar surface area (TPSA) is 29.5 Å². The molecule has 1 aromatic carbocycles. The van der Waals surface area contributed by atoms with E-state index in [4.69, 9.17) is 4.74 Å². The Kier molecular flexibility index (Phi) is 9.52. The maximum absolute atomic E-state index is 10.4. The van der Waals surface area contributed by atoms with Gasteiger partial charge in [0, 0.05) is 5.56 Å². The number of aromatic hydroxyl groups is 1. The molecule has 2 rings (SSSR count). The van der Waals surface area contributed by atoms with Crippen LogP contribution < -0.4 is 4.74 Å². The van der Waals surface area contributed by atoms with Crippen molar-refractivity contribution >= 4 is 0 Å². The summed E-state index contributed by atoms with van der Waals surface area (Å²) in [7, 11) is 0. The van der Waals surface area contributed by atoms with E-state index in [1.54, 1.807) is 0 Å². The molecule has 1 aliphatic rings. The fourth-order valence-electron chi connectivity index (χ4n) is 4.90. The molecule has 0 saturated heterocycles. The normalized spacial score (nSPS) is 20.7. The quantitative estimate of drug-likeness (QED) is 0.357. The van der Waals surface area contributed by atoms with Crippen molar-refractivity contribution in [3.05, 3.63) is 34.4 Å². The average Bonchev–Trinajstić information content (AvgIpc) is 2.70. The molecule has 0 radical (unpaired) electrons.